The largest absolute Gasteiger partial charge is 0.347 e. The highest BCUT2D eigenvalue weighted by Crippen LogP contribution is 2.40. The number of nitrogens with one attached hydrogen (secondary N) is 1. The summed E-state index contributed by atoms with van der Waals surface area (Å²) in [4.78, 5) is 18.6. The first-order valence-electron chi connectivity index (χ1n) is 7.18. The van der Waals surface area contributed by atoms with Crippen LogP contribution in [0.5, 0.6) is 0 Å². The highest BCUT2D eigenvalue weighted by atomic mass is 35.5. The number of carbonyl (C=O) groups is 1. The van der Waals surface area contributed by atoms with Crippen LogP contribution < -0.4 is 5.32 Å². The van der Waals surface area contributed by atoms with Crippen molar-refractivity contribution in [3.8, 4) is 0 Å². The highest BCUT2D eigenvalue weighted by molar-refractivity contribution is 6.30. The molecular formula is C17H14ClN3O. The maximum atomic E-state index is 11.8. The second-order valence-corrected chi connectivity index (χ2v) is 5.89. The Balaban J connectivity index is 1.90. The molecule has 1 unspecified atom stereocenters. The molecule has 0 bridgehead atoms. The molecule has 0 radical (unpaired) electrons. The van der Waals surface area contributed by atoms with Crippen LogP contribution in [0.4, 0.5) is 5.69 Å². The van der Waals surface area contributed by atoms with Gasteiger partial charge in [-0.05, 0) is 17.7 Å². The molecule has 1 fully saturated rings. The van der Waals surface area contributed by atoms with Gasteiger partial charge in [-0.1, -0.05) is 48.0 Å². The summed E-state index contributed by atoms with van der Waals surface area (Å²) in [5.74, 6) is 0.903. The zero-order valence-corrected chi connectivity index (χ0v) is 12.5. The third-order valence-corrected chi connectivity index (χ3v) is 4.29. The Hall–Kier alpha value is -2.33. The Labute approximate surface area is 133 Å². The minimum absolute atomic E-state index is 0.00739. The molecule has 22 heavy (non-hydrogen) atoms. The zero-order chi connectivity index (χ0) is 15.1. The Morgan fingerprint density at radius 2 is 2.00 bits per heavy atom. The molecule has 2 aliphatic heterocycles. The molecule has 4 nitrogen and oxygen atoms in total. The number of carbonyl (C=O) groups excluding carboxylic acids is 1. The van der Waals surface area contributed by atoms with Gasteiger partial charge in [-0.15, -0.1) is 0 Å². The van der Waals surface area contributed by atoms with Gasteiger partial charge in [0.1, 0.15) is 5.84 Å². The predicted molar refractivity (Wildman–Crippen MR) is 86.5 cm³/mol. The van der Waals surface area contributed by atoms with Crippen molar-refractivity contribution in [1.29, 1.82) is 0 Å². The van der Waals surface area contributed by atoms with Gasteiger partial charge in [0.05, 0.1) is 24.8 Å². The van der Waals surface area contributed by atoms with Gasteiger partial charge in [0.2, 0.25) is 5.91 Å². The number of halogens is 1. The smallest absolute Gasteiger partial charge is 0.239 e. The van der Waals surface area contributed by atoms with E-state index in [0.29, 0.717) is 18.1 Å². The molecule has 2 aliphatic rings. The van der Waals surface area contributed by atoms with Crippen LogP contribution in [0.1, 0.15) is 17.2 Å². The van der Waals surface area contributed by atoms with Crippen LogP contribution in [-0.2, 0) is 4.79 Å². The van der Waals surface area contributed by atoms with Gasteiger partial charge in [0.25, 0.3) is 0 Å². The average Bonchev–Trinajstić information content (AvgIpc) is 2.53. The van der Waals surface area contributed by atoms with Gasteiger partial charge < -0.3 is 10.2 Å². The number of hydrogen-bond donors (Lipinski definition) is 1. The summed E-state index contributed by atoms with van der Waals surface area (Å²) >= 11 is 6.12. The molecule has 1 atom stereocenters. The number of amides is 1. The van der Waals surface area contributed by atoms with Crippen LogP contribution in [-0.4, -0.2) is 29.7 Å². The molecule has 0 saturated carbocycles. The minimum Gasteiger partial charge on any atom is -0.347 e. The molecular weight excluding hydrogens is 298 g/mol. The van der Waals surface area contributed by atoms with Crippen LogP contribution >= 0.6 is 11.6 Å². The molecule has 0 aliphatic carbocycles. The number of amidine groups is 1. The van der Waals surface area contributed by atoms with Gasteiger partial charge in [-0.3, -0.25) is 4.79 Å². The van der Waals surface area contributed by atoms with Gasteiger partial charge in [0, 0.05) is 10.6 Å². The monoisotopic (exact) mass is 311 g/mol. The first-order valence-corrected chi connectivity index (χ1v) is 7.55. The third-order valence-electron chi connectivity index (χ3n) is 4.05. The van der Waals surface area contributed by atoms with E-state index in [9.17, 15) is 4.79 Å². The van der Waals surface area contributed by atoms with Gasteiger partial charge >= 0.3 is 0 Å². The fraction of sp³-hybridized carbons (Fsp3) is 0.176. The lowest BCUT2D eigenvalue weighted by Gasteiger charge is -2.40. The quantitative estimate of drug-likeness (QED) is 0.880. The fourth-order valence-electron chi connectivity index (χ4n) is 3.07. The summed E-state index contributed by atoms with van der Waals surface area (Å²) in [6, 6.07) is 15.9. The summed E-state index contributed by atoms with van der Waals surface area (Å²) < 4.78 is 0. The van der Waals surface area contributed by atoms with Crippen molar-refractivity contribution in [1.82, 2.24) is 10.2 Å². The average molecular weight is 312 g/mol. The van der Waals surface area contributed by atoms with E-state index in [1.165, 1.54) is 0 Å². The second-order valence-electron chi connectivity index (χ2n) is 5.45. The van der Waals surface area contributed by atoms with Crippen molar-refractivity contribution < 1.29 is 4.79 Å². The van der Waals surface area contributed by atoms with Gasteiger partial charge in [-0.25, -0.2) is 4.99 Å². The van der Waals surface area contributed by atoms with Crippen LogP contribution in [0.25, 0.3) is 0 Å². The van der Waals surface area contributed by atoms with E-state index in [-0.39, 0.29) is 11.9 Å². The standard InChI is InChI=1S/C17H14ClN3O/c18-12-6-7-13-14(8-12)20-15-9-19-16(22)10-21(15)17(13)11-4-2-1-3-5-11/h1-8,17H,9-10H2,(H,19,22). The van der Waals surface area contributed by atoms with E-state index in [0.717, 1.165) is 22.6 Å². The molecule has 1 N–H and O–H groups in total. The summed E-state index contributed by atoms with van der Waals surface area (Å²) in [5.41, 5.74) is 3.10. The van der Waals surface area contributed by atoms with E-state index < -0.39 is 0 Å². The minimum atomic E-state index is -0.00739. The van der Waals surface area contributed by atoms with E-state index in [4.69, 9.17) is 11.6 Å². The third kappa shape index (κ3) is 2.16. The lowest BCUT2D eigenvalue weighted by atomic mass is 9.93. The Morgan fingerprint density at radius 3 is 2.82 bits per heavy atom. The molecule has 2 heterocycles. The number of benzene rings is 2. The fourth-order valence-corrected chi connectivity index (χ4v) is 3.24. The summed E-state index contributed by atoms with van der Waals surface area (Å²) in [6.45, 7) is 0.772. The van der Waals surface area contributed by atoms with Crippen molar-refractivity contribution >= 4 is 29.0 Å². The number of hydrogen-bond acceptors (Lipinski definition) is 3. The molecule has 2 aromatic rings. The Morgan fingerprint density at radius 1 is 1.18 bits per heavy atom. The van der Waals surface area contributed by atoms with Gasteiger partial charge in [0.15, 0.2) is 0 Å². The molecule has 0 spiro atoms. The van der Waals surface area contributed by atoms with Crippen molar-refractivity contribution in [2.24, 2.45) is 4.99 Å². The normalized spacial score (nSPS) is 19.9. The van der Waals surface area contributed by atoms with E-state index in [1.54, 1.807) is 0 Å². The Bertz CT molecular complexity index is 773. The van der Waals surface area contributed by atoms with Crippen LogP contribution in [0.15, 0.2) is 53.5 Å². The first kappa shape index (κ1) is 13.3. The number of rotatable bonds is 1. The molecule has 110 valence electrons. The molecule has 2 aromatic carbocycles. The van der Waals surface area contributed by atoms with E-state index >= 15 is 0 Å². The van der Waals surface area contributed by atoms with Crippen molar-refractivity contribution in [3.63, 3.8) is 0 Å². The van der Waals surface area contributed by atoms with Crippen LogP contribution in [0, 0.1) is 0 Å². The molecule has 5 heteroatoms. The van der Waals surface area contributed by atoms with E-state index in [2.05, 4.69) is 27.3 Å². The predicted octanol–water partition coefficient (Wildman–Crippen LogP) is 2.90. The van der Waals surface area contributed by atoms with Crippen molar-refractivity contribution in [2.75, 3.05) is 13.1 Å². The first-order chi connectivity index (χ1) is 10.7. The maximum absolute atomic E-state index is 11.8. The van der Waals surface area contributed by atoms with Crippen LogP contribution in [0.2, 0.25) is 5.02 Å². The molecule has 1 amide bonds. The van der Waals surface area contributed by atoms with Crippen LogP contribution in [0.3, 0.4) is 0 Å². The zero-order valence-electron chi connectivity index (χ0n) is 11.8. The van der Waals surface area contributed by atoms with Crippen molar-refractivity contribution in [2.45, 2.75) is 6.04 Å². The van der Waals surface area contributed by atoms with Crippen molar-refractivity contribution in [3.05, 3.63) is 64.7 Å². The number of piperazine rings is 1. The SMILES string of the molecule is O=C1CN2C(=Nc3cc(Cl)ccc3C2c2ccccc2)CN1. The number of aliphatic imine (C=N–C) groups is 1. The highest BCUT2D eigenvalue weighted by Gasteiger charge is 2.34. The molecule has 0 aromatic heterocycles. The maximum Gasteiger partial charge on any atom is 0.239 e. The Kier molecular flexibility index (Phi) is 3.12. The molecule has 1 saturated heterocycles. The summed E-state index contributed by atoms with van der Waals surface area (Å²) in [5, 5.41) is 3.52. The number of fused-ring (bicyclic) bond motifs is 2. The second kappa shape index (κ2) is 5.14. The lowest BCUT2D eigenvalue weighted by Crippen LogP contribution is -2.53. The summed E-state index contributed by atoms with van der Waals surface area (Å²) in [7, 11) is 0. The summed E-state index contributed by atoms with van der Waals surface area (Å²) in [6.07, 6.45) is 0. The number of nitrogens with zero attached hydrogens (tertiary/aromatic N) is 2. The van der Waals surface area contributed by atoms with E-state index in [1.807, 2.05) is 36.4 Å². The lowest BCUT2D eigenvalue weighted by molar-refractivity contribution is -0.122. The molecule has 4 rings (SSSR count). The topological polar surface area (TPSA) is 44.7 Å². The van der Waals surface area contributed by atoms with Gasteiger partial charge in [-0.2, -0.15) is 0 Å².